The number of hydrogen-bond donors (Lipinski definition) is 2. The smallest absolute Gasteiger partial charge is 0.338 e. The van der Waals surface area contributed by atoms with Gasteiger partial charge < -0.3 is 15.4 Å². The van der Waals surface area contributed by atoms with E-state index < -0.39 is 17.9 Å². The number of urea groups is 1. The highest BCUT2D eigenvalue weighted by molar-refractivity contribution is 9.10. The van der Waals surface area contributed by atoms with E-state index in [-0.39, 0.29) is 29.2 Å². The second-order valence-corrected chi connectivity index (χ2v) is 4.60. The molecular formula is C11H10BrFN2O3. The standard InChI is InChI=1S/C11H10BrFN2O3/c12-8-3-6(1-2-9(8)13)10(16)18-7-4-14-11(17)15-5-7/h1-3,7H,4-5H2,(H2,14,15,17). The van der Waals surface area contributed by atoms with Gasteiger partial charge in [-0.15, -0.1) is 0 Å². The second-order valence-electron chi connectivity index (χ2n) is 3.75. The van der Waals surface area contributed by atoms with E-state index in [0.29, 0.717) is 0 Å². The van der Waals surface area contributed by atoms with Gasteiger partial charge in [0.25, 0.3) is 0 Å². The minimum Gasteiger partial charge on any atom is -0.455 e. The van der Waals surface area contributed by atoms with Gasteiger partial charge in [0.15, 0.2) is 0 Å². The van der Waals surface area contributed by atoms with Crippen LogP contribution in [0.2, 0.25) is 0 Å². The first kappa shape index (κ1) is 12.8. The molecule has 1 aromatic rings. The first-order chi connectivity index (χ1) is 8.56. The molecule has 1 fully saturated rings. The van der Waals surface area contributed by atoms with Gasteiger partial charge in [-0.25, -0.2) is 14.0 Å². The molecule has 2 amide bonds. The Kier molecular flexibility index (Phi) is 3.81. The van der Waals surface area contributed by atoms with Gasteiger partial charge in [-0.3, -0.25) is 0 Å². The first-order valence-corrected chi connectivity index (χ1v) is 6.03. The second kappa shape index (κ2) is 5.34. The summed E-state index contributed by atoms with van der Waals surface area (Å²) < 4.78 is 18.4. The lowest BCUT2D eigenvalue weighted by Gasteiger charge is -2.23. The van der Waals surface area contributed by atoms with Gasteiger partial charge in [-0.05, 0) is 34.1 Å². The van der Waals surface area contributed by atoms with E-state index in [1.165, 1.54) is 18.2 Å². The number of carbonyl (C=O) groups excluding carboxylic acids is 2. The van der Waals surface area contributed by atoms with Crippen molar-refractivity contribution in [3.63, 3.8) is 0 Å². The Morgan fingerprint density at radius 3 is 2.67 bits per heavy atom. The van der Waals surface area contributed by atoms with Crippen molar-refractivity contribution in [2.75, 3.05) is 13.1 Å². The quantitative estimate of drug-likeness (QED) is 0.811. The van der Waals surface area contributed by atoms with Crippen molar-refractivity contribution < 1.29 is 18.7 Å². The number of ether oxygens (including phenoxy) is 1. The number of hydrogen-bond acceptors (Lipinski definition) is 3. The number of benzene rings is 1. The van der Waals surface area contributed by atoms with Gasteiger partial charge in [-0.2, -0.15) is 0 Å². The van der Waals surface area contributed by atoms with Crippen molar-refractivity contribution in [2.24, 2.45) is 0 Å². The number of nitrogens with one attached hydrogen (secondary N) is 2. The summed E-state index contributed by atoms with van der Waals surface area (Å²) in [5.41, 5.74) is 0.250. The zero-order valence-corrected chi connectivity index (χ0v) is 10.8. The molecule has 0 radical (unpaired) electrons. The SMILES string of the molecule is O=C1NCC(OC(=O)c2ccc(F)c(Br)c2)CN1. The number of esters is 1. The molecule has 18 heavy (non-hydrogen) atoms. The minimum absolute atomic E-state index is 0.201. The molecule has 5 nitrogen and oxygen atoms in total. The van der Waals surface area contributed by atoms with Gasteiger partial charge in [-0.1, -0.05) is 0 Å². The van der Waals surface area contributed by atoms with Crippen LogP contribution < -0.4 is 10.6 Å². The van der Waals surface area contributed by atoms with E-state index >= 15 is 0 Å². The van der Waals surface area contributed by atoms with Gasteiger partial charge in [0.1, 0.15) is 11.9 Å². The fourth-order valence-corrected chi connectivity index (χ4v) is 1.85. The van der Waals surface area contributed by atoms with Gasteiger partial charge in [0.2, 0.25) is 0 Å². The number of halogens is 2. The Bertz CT molecular complexity index is 485. The first-order valence-electron chi connectivity index (χ1n) is 5.24. The normalized spacial score (nSPS) is 15.8. The summed E-state index contributed by atoms with van der Waals surface area (Å²) in [4.78, 5) is 22.6. The van der Waals surface area contributed by atoms with E-state index in [4.69, 9.17) is 4.74 Å². The lowest BCUT2D eigenvalue weighted by atomic mass is 10.2. The summed E-state index contributed by atoms with van der Waals surface area (Å²) in [6, 6.07) is 3.59. The summed E-state index contributed by atoms with van der Waals surface area (Å²) in [7, 11) is 0. The van der Waals surface area contributed by atoms with Crippen LogP contribution in [0.15, 0.2) is 22.7 Å². The minimum atomic E-state index is -0.557. The molecule has 1 aliphatic heterocycles. The molecule has 2 rings (SSSR count). The molecule has 0 saturated carbocycles. The van der Waals surface area contributed by atoms with E-state index in [1.54, 1.807) is 0 Å². The van der Waals surface area contributed by atoms with Crippen LogP contribution in [0, 0.1) is 5.82 Å². The maximum atomic E-state index is 13.0. The van der Waals surface area contributed by atoms with Crippen molar-refractivity contribution in [1.29, 1.82) is 0 Å². The van der Waals surface area contributed by atoms with Gasteiger partial charge in [0, 0.05) is 0 Å². The molecule has 96 valence electrons. The third-order valence-electron chi connectivity index (χ3n) is 2.41. The lowest BCUT2D eigenvalue weighted by Crippen LogP contribution is -2.52. The lowest BCUT2D eigenvalue weighted by molar-refractivity contribution is 0.0290. The Morgan fingerprint density at radius 1 is 1.39 bits per heavy atom. The molecule has 0 aliphatic carbocycles. The zero-order valence-electron chi connectivity index (χ0n) is 9.20. The van der Waals surface area contributed by atoms with Crippen molar-refractivity contribution in [3.8, 4) is 0 Å². The number of rotatable bonds is 2. The van der Waals surface area contributed by atoms with E-state index in [0.717, 1.165) is 0 Å². The fourth-order valence-electron chi connectivity index (χ4n) is 1.47. The van der Waals surface area contributed by atoms with Crippen LogP contribution in [0.4, 0.5) is 9.18 Å². The Hall–Kier alpha value is -1.63. The highest BCUT2D eigenvalue weighted by atomic mass is 79.9. The predicted octanol–water partition coefficient (Wildman–Crippen LogP) is 1.43. The number of carbonyl (C=O) groups is 2. The third kappa shape index (κ3) is 2.98. The Morgan fingerprint density at radius 2 is 2.06 bits per heavy atom. The Labute approximate surface area is 111 Å². The molecule has 7 heteroatoms. The van der Waals surface area contributed by atoms with Crippen LogP contribution in [0.25, 0.3) is 0 Å². The average molecular weight is 317 g/mol. The maximum absolute atomic E-state index is 13.0. The molecule has 0 aromatic heterocycles. The molecule has 1 heterocycles. The van der Waals surface area contributed by atoms with Crippen molar-refractivity contribution in [3.05, 3.63) is 34.1 Å². The van der Waals surface area contributed by atoms with Crippen LogP contribution >= 0.6 is 15.9 Å². The van der Waals surface area contributed by atoms with Crippen molar-refractivity contribution >= 4 is 27.9 Å². The van der Waals surface area contributed by atoms with Crippen LogP contribution in [-0.2, 0) is 4.74 Å². The zero-order chi connectivity index (χ0) is 13.1. The van der Waals surface area contributed by atoms with E-state index in [1.807, 2.05) is 0 Å². The van der Waals surface area contributed by atoms with Crippen LogP contribution in [0.1, 0.15) is 10.4 Å². The molecular weight excluding hydrogens is 307 g/mol. The molecule has 1 saturated heterocycles. The maximum Gasteiger partial charge on any atom is 0.338 e. The molecule has 0 unspecified atom stereocenters. The molecule has 2 N–H and O–H groups in total. The van der Waals surface area contributed by atoms with Crippen LogP contribution in [0.3, 0.4) is 0 Å². The fraction of sp³-hybridized carbons (Fsp3) is 0.273. The van der Waals surface area contributed by atoms with Crippen LogP contribution in [-0.4, -0.2) is 31.2 Å². The highest BCUT2D eigenvalue weighted by Gasteiger charge is 2.21. The molecule has 1 aromatic carbocycles. The molecule has 0 spiro atoms. The van der Waals surface area contributed by atoms with Crippen molar-refractivity contribution in [1.82, 2.24) is 10.6 Å². The largest absolute Gasteiger partial charge is 0.455 e. The van der Waals surface area contributed by atoms with Gasteiger partial charge in [0.05, 0.1) is 23.1 Å². The predicted molar refractivity (Wildman–Crippen MR) is 64.7 cm³/mol. The summed E-state index contributed by atoms with van der Waals surface area (Å²) in [5, 5.41) is 5.03. The monoisotopic (exact) mass is 316 g/mol. The summed E-state index contributed by atoms with van der Waals surface area (Å²) in [6.07, 6.45) is -0.431. The topological polar surface area (TPSA) is 67.4 Å². The third-order valence-corrected chi connectivity index (χ3v) is 3.02. The molecule has 0 atom stereocenters. The van der Waals surface area contributed by atoms with Gasteiger partial charge >= 0.3 is 12.0 Å². The van der Waals surface area contributed by atoms with Crippen molar-refractivity contribution in [2.45, 2.75) is 6.10 Å². The number of amides is 2. The summed E-state index contributed by atoms with van der Waals surface area (Å²) >= 11 is 3.00. The average Bonchev–Trinajstić information content (AvgIpc) is 2.35. The van der Waals surface area contributed by atoms with Crippen LogP contribution in [0.5, 0.6) is 0 Å². The van der Waals surface area contributed by atoms with E-state index in [9.17, 15) is 14.0 Å². The molecule has 1 aliphatic rings. The highest BCUT2D eigenvalue weighted by Crippen LogP contribution is 2.17. The summed E-state index contributed by atoms with van der Waals surface area (Å²) in [5.74, 6) is -1.00. The summed E-state index contributed by atoms with van der Waals surface area (Å²) in [6.45, 7) is 0.528. The van der Waals surface area contributed by atoms with E-state index in [2.05, 4.69) is 26.6 Å². The molecule has 0 bridgehead atoms. The Balaban J connectivity index is 1.99.